The third kappa shape index (κ3) is 8.46. The van der Waals surface area contributed by atoms with Gasteiger partial charge in [-0.15, -0.1) is 0 Å². The van der Waals surface area contributed by atoms with E-state index >= 15 is 0 Å². The van der Waals surface area contributed by atoms with Crippen molar-refractivity contribution < 1.29 is 54.2 Å². The van der Waals surface area contributed by atoms with Crippen LogP contribution in [-0.4, -0.2) is 96.4 Å². The number of aliphatic hydroxyl groups is 1. The number of alkyl halides is 5. The summed E-state index contributed by atoms with van der Waals surface area (Å²) in [7, 11) is -3.93. The van der Waals surface area contributed by atoms with Gasteiger partial charge in [0.25, 0.3) is 11.8 Å². The number of piperidine rings is 2. The first-order valence-electron chi connectivity index (χ1n) is 16.7. The lowest BCUT2D eigenvalue weighted by atomic mass is 9.89. The fourth-order valence-electron chi connectivity index (χ4n) is 6.46. The lowest BCUT2D eigenvalue weighted by Gasteiger charge is -2.36. The molecular weight excluding hydrogens is 718 g/mol. The fraction of sp³-hybridized carbons (Fsp3) is 0.514. The van der Waals surface area contributed by atoms with Crippen molar-refractivity contribution >= 4 is 33.7 Å². The lowest BCUT2D eigenvalue weighted by Crippen LogP contribution is -2.50. The number of ether oxygens (including phenoxy) is 1. The van der Waals surface area contributed by atoms with Crippen molar-refractivity contribution in [1.82, 2.24) is 14.5 Å². The molecule has 0 atom stereocenters. The monoisotopic (exact) mass is 758 g/mol. The highest BCUT2D eigenvalue weighted by Crippen LogP contribution is 2.39. The Labute approximate surface area is 297 Å². The average molecular weight is 759 g/mol. The zero-order chi connectivity index (χ0) is 38.3. The first-order chi connectivity index (χ1) is 24.1. The second-order valence-electron chi connectivity index (χ2n) is 13.8. The zero-order valence-corrected chi connectivity index (χ0v) is 29.6. The minimum atomic E-state index is -5.71. The molecule has 1 spiro atoms. The van der Waals surface area contributed by atoms with E-state index in [1.54, 1.807) is 37.8 Å². The number of halogens is 6. The van der Waals surface area contributed by atoms with E-state index in [0.717, 1.165) is 17.5 Å². The molecule has 3 aliphatic rings. The molecule has 2 fully saturated rings. The van der Waals surface area contributed by atoms with Gasteiger partial charge in [0.15, 0.2) is 11.6 Å². The molecule has 2 aromatic rings. The molecular formula is C35H40F6N4O6S. The van der Waals surface area contributed by atoms with Crippen LogP contribution in [0.2, 0.25) is 0 Å². The van der Waals surface area contributed by atoms with Crippen molar-refractivity contribution in [1.29, 1.82) is 0 Å². The smallest absolute Gasteiger partial charge is 0.453 e. The Balaban J connectivity index is 1.21. The first kappa shape index (κ1) is 39.3. The number of rotatable bonds is 10. The quantitative estimate of drug-likeness (QED) is 0.244. The number of aliphatic imine (C=N–C) groups is 1. The average Bonchev–Trinajstić information content (AvgIpc) is 3.37. The maximum Gasteiger partial charge on any atom is 0.453 e. The molecule has 10 nitrogen and oxygen atoms in total. The van der Waals surface area contributed by atoms with Crippen molar-refractivity contribution in [2.75, 3.05) is 32.8 Å². The molecule has 0 bridgehead atoms. The van der Waals surface area contributed by atoms with Crippen LogP contribution in [0.1, 0.15) is 78.1 Å². The number of aryl methyl sites for hydroxylation is 2. The van der Waals surface area contributed by atoms with Gasteiger partial charge in [0.2, 0.25) is 10.0 Å². The van der Waals surface area contributed by atoms with E-state index < -0.39 is 70.2 Å². The van der Waals surface area contributed by atoms with E-state index in [-0.39, 0.29) is 43.2 Å². The molecule has 5 rings (SSSR count). The Morgan fingerprint density at radius 1 is 1.02 bits per heavy atom. The van der Waals surface area contributed by atoms with E-state index in [4.69, 9.17) is 4.74 Å². The van der Waals surface area contributed by atoms with Crippen molar-refractivity contribution in [3.05, 3.63) is 69.4 Å². The topological polar surface area (TPSA) is 129 Å². The van der Waals surface area contributed by atoms with E-state index in [1.165, 1.54) is 16.4 Å². The number of hydrogen-bond acceptors (Lipinski definition) is 7. The van der Waals surface area contributed by atoms with Crippen LogP contribution in [0.25, 0.3) is 6.08 Å². The molecule has 3 heterocycles. The van der Waals surface area contributed by atoms with Gasteiger partial charge in [0.05, 0.1) is 12.2 Å². The van der Waals surface area contributed by atoms with Gasteiger partial charge in [0.1, 0.15) is 11.4 Å². The molecule has 0 radical (unpaired) electrons. The summed E-state index contributed by atoms with van der Waals surface area (Å²) in [5, 5.41) is 13.9. The predicted molar refractivity (Wildman–Crippen MR) is 180 cm³/mol. The minimum Gasteiger partial charge on any atom is -0.490 e. The number of benzene rings is 2. The summed E-state index contributed by atoms with van der Waals surface area (Å²) in [5.74, 6) is -6.84. The van der Waals surface area contributed by atoms with Gasteiger partial charge in [-0.1, -0.05) is 0 Å². The summed E-state index contributed by atoms with van der Waals surface area (Å²) in [4.78, 5) is 32.5. The normalized spacial score (nSPS) is 19.6. The maximum atomic E-state index is 14.4. The molecule has 0 unspecified atom stereocenters. The molecule has 2 amide bonds. The standard InChI is InChI=1S/C35H40F6N4O6S/c1-22-19-25(30(46)44-13-9-32(3,48)10-14-44)20-23(2)26(22)7-18-52(49,50)45-15-11-33(12-16-45)31(47)42-29(43-33)24-5-6-27(36)28(21-24)51-17-4-8-34(37,38)35(39,40)41/h5-7,18-21,48H,4,8-17H2,1-3H3,(H,42,43,47)/b18-7+. The van der Waals surface area contributed by atoms with Gasteiger partial charge in [0, 0.05) is 49.1 Å². The van der Waals surface area contributed by atoms with Crippen LogP contribution in [0.5, 0.6) is 5.75 Å². The molecule has 284 valence electrons. The fourth-order valence-corrected chi connectivity index (χ4v) is 7.63. The largest absolute Gasteiger partial charge is 0.490 e. The Bertz CT molecular complexity index is 1850. The molecule has 52 heavy (non-hydrogen) atoms. The molecule has 0 aromatic heterocycles. The molecule has 2 N–H and O–H groups in total. The molecule has 2 saturated heterocycles. The Kier molecular flexibility index (Phi) is 10.9. The van der Waals surface area contributed by atoms with Crippen molar-refractivity contribution in [3.8, 4) is 5.75 Å². The number of carbonyl (C=O) groups is 2. The molecule has 0 saturated carbocycles. The zero-order valence-electron chi connectivity index (χ0n) is 28.8. The van der Waals surface area contributed by atoms with Crippen LogP contribution in [0.4, 0.5) is 26.3 Å². The Morgan fingerprint density at radius 2 is 1.63 bits per heavy atom. The van der Waals surface area contributed by atoms with Crippen LogP contribution in [0, 0.1) is 19.7 Å². The minimum absolute atomic E-state index is 0.0359. The van der Waals surface area contributed by atoms with Gasteiger partial charge < -0.3 is 20.1 Å². The molecule has 0 aliphatic carbocycles. The number of nitrogens with zero attached hydrogens (tertiary/aromatic N) is 3. The number of nitrogens with one attached hydrogen (secondary N) is 1. The number of amidine groups is 1. The first-order valence-corrected chi connectivity index (χ1v) is 18.2. The second kappa shape index (κ2) is 14.5. The van der Waals surface area contributed by atoms with Gasteiger partial charge in [-0.25, -0.2) is 12.8 Å². The molecule has 2 aromatic carbocycles. The summed E-state index contributed by atoms with van der Waals surface area (Å²) >= 11 is 0. The summed E-state index contributed by atoms with van der Waals surface area (Å²) in [5.41, 5.74) is 0.626. The predicted octanol–water partition coefficient (Wildman–Crippen LogP) is 5.50. The van der Waals surface area contributed by atoms with Gasteiger partial charge in [-0.2, -0.15) is 26.3 Å². The number of hydrogen-bond donors (Lipinski definition) is 2. The van der Waals surface area contributed by atoms with E-state index in [0.29, 0.717) is 48.2 Å². The lowest BCUT2D eigenvalue weighted by molar-refractivity contribution is -0.284. The number of sulfonamides is 1. The van der Waals surface area contributed by atoms with E-state index in [9.17, 15) is 49.5 Å². The second-order valence-corrected chi connectivity index (χ2v) is 15.6. The number of amides is 2. The van der Waals surface area contributed by atoms with E-state index in [2.05, 4.69) is 10.3 Å². The highest BCUT2D eigenvalue weighted by atomic mass is 32.2. The van der Waals surface area contributed by atoms with Crippen LogP contribution in [0.15, 0.2) is 40.7 Å². The van der Waals surface area contributed by atoms with Crippen molar-refractivity contribution in [2.24, 2.45) is 4.99 Å². The SMILES string of the molecule is Cc1cc(C(=O)N2CCC(C)(O)CC2)cc(C)c1/C=C/S(=O)(=O)N1CCC2(CC1)N=C(c1ccc(F)c(OCCCC(F)(F)C(F)(F)F)c1)NC2=O. The van der Waals surface area contributed by atoms with Crippen LogP contribution < -0.4 is 10.1 Å². The van der Waals surface area contributed by atoms with Crippen LogP contribution in [0.3, 0.4) is 0 Å². The van der Waals surface area contributed by atoms with Gasteiger partial charge >= 0.3 is 12.1 Å². The van der Waals surface area contributed by atoms with Crippen LogP contribution in [-0.2, 0) is 14.8 Å². The molecule has 3 aliphatic heterocycles. The maximum absolute atomic E-state index is 14.4. The summed E-state index contributed by atoms with van der Waals surface area (Å²) in [6.07, 6.45) is -5.44. The highest BCUT2D eigenvalue weighted by Gasteiger charge is 2.56. The van der Waals surface area contributed by atoms with Gasteiger partial charge in [-0.3, -0.25) is 14.6 Å². The van der Waals surface area contributed by atoms with Gasteiger partial charge in [-0.05, 0) is 106 Å². The summed E-state index contributed by atoms with van der Waals surface area (Å²) < 4.78 is 111. The third-order valence-electron chi connectivity index (χ3n) is 9.78. The number of likely N-dealkylation sites (tertiary alicyclic amines) is 1. The number of carbonyl (C=O) groups excluding carboxylic acids is 2. The Hall–Kier alpha value is -3.96. The highest BCUT2D eigenvalue weighted by molar-refractivity contribution is 7.92. The third-order valence-corrected chi connectivity index (χ3v) is 11.3. The Morgan fingerprint density at radius 3 is 2.23 bits per heavy atom. The summed E-state index contributed by atoms with van der Waals surface area (Å²) in [6, 6.07) is 6.83. The summed E-state index contributed by atoms with van der Waals surface area (Å²) in [6.45, 7) is 5.49. The van der Waals surface area contributed by atoms with Crippen molar-refractivity contribution in [2.45, 2.75) is 82.5 Å². The van der Waals surface area contributed by atoms with Crippen LogP contribution >= 0.6 is 0 Å². The van der Waals surface area contributed by atoms with Crippen molar-refractivity contribution in [3.63, 3.8) is 0 Å². The van der Waals surface area contributed by atoms with E-state index in [1.807, 2.05) is 0 Å². The molecule has 17 heteroatoms.